The van der Waals surface area contributed by atoms with E-state index in [1.54, 1.807) is 0 Å². The normalized spacial score (nSPS) is 11.6. The molecule has 156 valence electrons. The molecule has 2 aromatic rings. The average molecular weight is 405 g/mol. The van der Waals surface area contributed by atoms with Gasteiger partial charge in [-0.1, -0.05) is 0 Å². The molecule has 1 atom stereocenters. The summed E-state index contributed by atoms with van der Waals surface area (Å²) in [5.74, 6) is -1.35. The number of carbonyl (C=O) groups is 2. The lowest BCUT2D eigenvalue weighted by Crippen LogP contribution is -2.33. The molecule has 0 saturated heterocycles. The van der Waals surface area contributed by atoms with E-state index in [0.29, 0.717) is 12.3 Å². The molecule has 2 amide bonds. The molecule has 0 aromatic heterocycles. The maximum absolute atomic E-state index is 11.2. The monoisotopic (exact) mass is 405 g/mol. The Kier molecular flexibility index (Phi) is 7.63. The maximum atomic E-state index is 11.2. The lowest BCUT2D eigenvalue weighted by atomic mass is 10.2. The number of hydrogen-bond acceptors (Lipinski definition) is 8. The van der Waals surface area contributed by atoms with Crippen molar-refractivity contribution in [1.29, 1.82) is 0 Å². The molecule has 1 unspecified atom stereocenters. The van der Waals surface area contributed by atoms with Gasteiger partial charge in [0.15, 0.2) is 0 Å². The first-order chi connectivity index (χ1) is 13.8. The molecule has 0 radical (unpaired) electrons. The summed E-state index contributed by atoms with van der Waals surface area (Å²) in [5.41, 5.74) is 10.2. The Bertz CT molecular complexity index is 873. The summed E-state index contributed by atoms with van der Waals surface area (Å²) in [6.45, 7) is 0.814. The Morgan fingerprint density at radius 1 is 0.931 bits per heavy atom. The van der Waals surface area contributed by atoms with Crippen LogP contribution in [-0.4, -0.2) is 59.5 Å². The van der Waals surface area contributed by atoms with E-state index in [1.807, 2.05) is 0 Å². The zero-order valence-electron chi connectivity index (χ0n) is 15.5. The van der Waals surface area contributed by atoms with E-state index in [4.69, 9.17) is 20.9 Å². The third-order valence-corrected chi connectivity index (χ3v) is 3.84. The SMILES string of the molecule is NC(=O)c1cc(OCCNCC(O)COc2ccc(O)c(C(N)=O)c2)ccc1O. The van der Waals surface area contributed by atoms with Gasteiger partial charge in [-0.3, -0.25) is 9.59 Å². The Morgan fingerprint density at radius 3 is 1.97 bits per heavy atom. The second-order valence-corrected chi connectivity index (χ2v) is 6.10. The predicted octanol–water partition coefficient (Wildman–Crippen LogP) is -0.296. The first kappa shape index (κ1) is 21.8. The van der Waals surface area contributed by atoms with Gasteiger partial charge in [0.1, 0.15) is 42.3 Å². The first-order valence-electron chi connectivity index (χ1n) is 8.68. The van der Waals surface area contributed by atoms with Crippen LogP contribution in [0.15, 0.2) is 36.4 Å². The van der Waals surface area contributed by atoms with Crippen LogP contribution in [-0.2, 0) is 0 Å². The summed E-state index contributed by atoms with van der Waals surface area (Å²) in [7, 11) is 0. The Balaban J connectivity index is 1.69. The van der Waals surface area contributed by atoms with Crippen LogP contribution in [0.4, 0.5) is 0 Å². The third kappa shape index (κ3) is 6.55. The predicted molar refractivity (Wildman–Crippen MR) is 103 cm³/mol. The van der Waals surface area contributed by atoms with Crippen LogP contribution in [0, 0.1) is 0 Å². The summed E-state index contributed by atoms with van der Waals surface area (Å²) in [6, 6.07) is 8.19. The van der Waals surface area contributed by atoms with Crippen molar-refractivity contribution >= 4 is 11.8 Å². The molecule has 2 aromatic carbocycles. The van der Waals surface area contributed by atoms with Gasteiger partial charge in [-0.25, -0.2) is 0 Å². The number of amides is 2. The second kappa shape index (κ2) is 10.2. The largest absolute Gasteiger partial charge is 0.507 e. The van der Waals surface area contributed by atoms with Crippen molar-refractivity contribution in [3.05, 3.63) is 47.5 Å². The van der Waals surface area contributed by atoms with Crippen molar-refractivity contribution in [2.45, 2.75) is 6.10 Å². The number of ether oxygens (including phenoxy) is 2. The minimum atomic E-state index is -0.837. The zero-order chi connectivity index (χ0) is 21.4. The Labute approximate surface area is 166 Å². The van der Waals surface area contributed by atoms with Crippen molar-refractivity contribution in [3.63, 3.8) is 0 Å². The van der Waals surface area contributed by atoms with E-state index in [-0.39, 0.29) is 48.1 Å². The maximum Gasteiger partial charge on any atom is 0.252 e. The standard InChI is InChI=1S/C19H23N3O7/c20-18(26)14-7-12(1-3-16(14)24)28-6-5-22-9-11(23)10-29-13-2-4-17(25)15(8-13)19(21)27/h1-4,7-8,11,22-25H,5-6,9-10H2,(H2,20,26)(H2,21,27). The van der Waals surface area contributed by atoms with E-state index >= 15 is 0 Å². The highest BCUT2D eigenvalue weighted by atomic mass is 16.5. The average Bonchev–Trinajstić information content (AvgIpc) is 2.67. The summed E-state index contributed by atoms with van der Waals surface area (Å²) < 4.78 is 10.8. The molecule has 10 heteroatoms. The molecule has 0 fully saturated rings. The molecule has 0 saturated carbocycles. The second-order valence-electron chi connectivity index (χ2n) is 6.10. The number of aliphatic hydroxyl groups is 1. The van der Waals surface area contributed by atoms with Crippen LogP contribution in [0.3, 0.4) is 0 Å². The van der Waals surface area contributed by atoms with Gasteiger partial charge >= 0.3 is 0 Å². The molecular weight excluding hydrogens is 382 g/mol. The van der Waals surface area contributed by atoms with Gasteiger partial charge in [0, 0.05) is 13.1 Å². The molecule has 8 N–H and O–H groups in total. The summed E-state index contributed by atoms with van der Waals surface area (Å²) in [5, 5.41) is 32.0. The Hall–Kier alpha value is -3.50. The fourth-order valence-electron chi connectivity index (χ4n) is 2.37. The van der Waals surface area contributed by atoms with Crippen LogP contribution in [0.5, 0.6) is 23.0 Å². The molecule has 10 nitrogen and oxygen atoms in total. The van der Waals surface area contributed by atoms with Gasteiger partial charge in [-0.05, 0) is 36.4 Å². The molecule has 29 heavy (non-hydrogen) atoms. The van der Waals surface area contributed by atoms with Gasteiger partial charge < -0.3 is 41.6 Å². The minimum Gasteiger partial charge on any atom is -0.507 e. The third-order valence-electron chi connectivity index (χ3n) is 3.84. The molecule has 2 rings (SSSR count). The topological polar surface area (TPSA) is 177 Å². The lowest BCUT2D eigenvalue weighted by Gasteiger charge is -2.14. The van der Waals surface area contributed by atoms with E-state index in [2.05, 4.69) is 5.32 Å². The fourth-order valence-corrected chi connectivity index (χ4v) is 2.37. The number of primary amides is 2. The van der Waals surface area contributed by atoms with E-state index in [9.17, 15) is 24.9 Å². The quantitative estimate of drug-likeness (QED) is 0.276. The van der Waals surface area contributed by atoms with Crippen LogP contribution >= 0.6 is 0 Å². The van der Waals surface area contributed by atoms with Crippen LogP contribution in [0.2, 0.25) is 0 Å². The number of aliphatic hydroxyl groups excluding tert-OH is 1. The lowest BCUT2D eigenvalue weighted by molar-refractivity contribution is 0.0985. The molecule has 0 aliphatic carbocycles. The number of carbonyl (C=O) groups excluding carboxylic acids is 2. The van der Waals surface area contributed by atoms with Crippen LogP contribution in [0.25, 0.3) is 0 Å². The van der Waals surface area contributed by atoms with Crippen molar-refractivity contribution < 1.29 is 34.4 Å². The van der Waals surface area contributed by atoms with Gasteiger partial charge in [-0.2, -0.15) is 0 Å². The highest BCUT2D eigenvalue weighted by molar-refractivity contribution is 5.96. The summed E-state index contributed by atoms with van der Waals surface area (Å²) in [4.78, 5) is 22.4. The molecule has 0 spiro atoms. The van der Waals surface area contributed by atoms with Gasteiger partial charge in [0.25, 0.3) is 11.8 Å². The smallest absolute Gasteiger partial charge is 0.252 e. The number of benzene rings is 2. The summed E-state index contributed by atoms with van der Waals surface area (Å²) in [6.07, 6.45) is -0.837. The molecule has 0 bridgehead atoms. The highest BCUT2D eigenvalue weighted by Crippen LogP contribution is 2.23. The van der Waals surface area contributed by atoms with Gasteiger partial charge in [-0.15, -0.1) is 0 Å². The van der Waals surface area contributed by atoms with Crippen molar-refractivity contribution in [2.75, 3.05) is 26.3 Å². The number of phenols is 2. The molecular formula is C19H23N3O7. The minimum absolute atomic E-state index is 0.0308. The number of nitrogens with two attached hydrogens (primary N) is 2. The zero-order valence-corrected chi connectivity index (χ0v) is 15.5. The molecule has 0 heterocycles. The van der Waals surface area contributed by atoms with E-state index < -0.39 is 17.9 Å². The van der Waals surface area contributed by atoms with Gasteiger partial charge in [0.05, 0.1) is 11.1 Å². The number of rotatable bonds is 11. The highest BCUT2D eigenvalue weighted by Gasteiger charge is 2.11. The van der Waals surface area contributed by atoms with Crippen molar-refractivity contribution in [1.82, 2.24) is 5.32 Å². The molecule has 0 aliphatic heterocycles. The number of aromatic hydroxyl groups is 2. The molecule has 0 aliphatic rings. The van der Waals surface area contributed by atoms with Gasteiger partial charge in [0.2, 0.25) is 0 Å². The van der Waals surface area contributed by atoms with Crippen LogP contribution in [0.1, 0.15) is 20.7 Å². The Morgan fingerprint density at radius 2 is 1.45 bits per heavy atom. The van der Waals surface area contributed by atoms with Crippen molar-refractivity contribution in [3.8, 4) is 23.0 Å². The van der Waals surface area contributed by atoms with Crippen molar-refractivity contribution in [2.24, 2.45) is 11.5 Å². The summed E-state index contributed by atoms with van der Waals surface area (Å²) >= 11 is 0. The van der Waals surface area contributed by atoms with Crippen LogP contribution < -0.4 is 26.3 Å². The number of hydrogen-bond donors (Lipinski definition) is 6. The van der Waals surface area contributed by atoms with E-state index in [0.717, 1.165) is 0 Å². The number of nitrogens with one attached hydrogen (secondary N) is 1. The van der Waals surface area contributed by atoms with E-state index in [1.165, 1.54) is 36.4 Å². The fraction of sp³-hybridized carbons (Fsp3) is 0.263. The first-order valence-corrected chi connectivity index (χ1v) is 8.68.